The molecule has 108 valence electrons. The molecule has 3 heterocycles. The molecule has 5 heteroatoms. The van der Waals surface area contributed by atoms with Crippen LogP contribution < -0.4 is 0 Å². The zero-order chi connectivity index (χ0) is 14.9. The first-order valence-electron chi connectivity index (χ1n) is 6.75. The van der Waals surface area contributed by atoms with E-state index >= 15 is 0 Å². The Morgan fingerprint density at radius 3 is 2.18 bits per heavy atom. The third-order valence-electron chi connectivity index (χ3n) is 3.34. The summed E-state index contributed by atoms with van der Waals surface area (Å²) in [4.78, 5) is 8.01. The van der Waals surface area contributed by atoms with Crippen LogP contribution >= 0.6 is 15.9 Å². The highest BCUT2D eigenvalue weighted by Gasteiger charge is 2.18. The quantitative estimate of drug-likeness (QED) is 0.538. The van der Waals surface area contributed by atoms with Crippen molar-refractivity contribution in [3.05, 3.63) is 65.5 Å². The summed E-state index contributed by atoms with van der Waals surface area (Å²) < 4.78 is 12.0. The molecule has 0 atom stereocenters. The Labute approximate surface area is 134 Å². The second-order valence-electron chi connectivity index (χ2n) is 4.77. The summed E-state index contributed by atoms with van der Waals surface area (Å²) in [6.45, 7) is 0. The van der Waals surface area contributed by atoms with Crippen LogP contribution in [0.3, 0.4) is 0 Å². The summed E-state index contributed by atoms with van der Waals surface area (Å²) in [5.74, 6) is 2.19. The lowest BCUT2D eigenvalue weighted by Crippen LogP contribution is -1.80. The predicted molar refractivity (Wildman–Crippen MR) is 87.1 cm³/mol. The number of hydrogen-bond acceptors (Lipinski definition) is 3. The minimum absolute atomic E-state index is 0.700. The normalized spacial score (nSPS) is 11.0. The van der Waals surface area contributed by atoms with Crippen LogP contribution in [-0.2, 0) is 0 Å². The Morgan fingerprint density at radius 2 is 1.55 bits per heavy atom. The number of aromatic amines is 1. The van der Waals surface area contributed by atoms with Gasteiger partial charge in [-0.05, 0) is 36.4 Å². The molecule has 0 spiro atoms. The fourth-order valence-electron chi connectivity index (χ4n) is 2.31. The van der Waals surface area contributed by atoms with Gasteiger partial charge < -0.3 is 13.8 Å². The molecule has 0 amide bonds. The van der Waals surface area contributed by atoms with Crippen molar-refractivity contribution in [1.29, 1.82) is 0 Å². The first-order chi connectivity index (χ1) is 10.8. The van der Waals surface area contributed by atoms with Crippen LogP contribution in [0.5, 0.6) is 0 Å². The van der Waals surface area contributed by atoms with Gasteiger partial charge in [0.1, 0.15) is 17.2 Å². The summed E-state index contributed by atoms with van der Waals surface area (Å²) in [6.07, 6.45) is 3.27. The zero-order valence-corrected chi connectivity index (χ0v) is 13.0. The predicted octanol–water partition coefficient (Wildman–Crippen LogP) is 5.36. The van der Waals surface area contributed by atoms with E-state index in [1.54, 1.807) is 12.5 Å². The van der Waals surface area contributed by atoms with Crippen molar-refractivity contribution in [2.45, 2.75) is 0 Å². The van der Waals surface area contributed by atoms with Gasteiger partial charge in [0.25, 0.3) is 0 Å². The standard InChI is InChI=1S/C17H11BrN2O2/c18-12-7-5-11(6-8-12)17-19-15(13-3-1-9-21-13)16(20-17)14-4-2-10-22-14/h1-10H,(H,19,20). The van der Waals surface area contributed by atoms with E-state index < -0.39 is 0 Å². The van der Waals surface area contributed by atoms with E-state index in [0.29, 0.717) is 5.76 Å². The van der Waals surface area contributed by atoms with Gasteiger partial charge in [0.15, 0.2) is 11.5 Å². The molecule has 0 radical (unpaired) electrons. The fourth-order valence-corrected chi connectivity index (χ4v) is 2.57. The third-order valence-corrected chi connectivity index (χ3v) is 3.87. The Hall–Kier alpha value is -2.53. The molecule has 1 N–H and O–H groups in total. The molecular formula is C17H11BrN2O2. The molecule has 22 heavy (non-hydrogen) atoms. The number of furan rings is 2. The molecule has 0 saturated heterocycles. The molecule has 0 aliphatic carbocycles. The number of rotatable bonds is 3. The van der Waals surface area contributed by atoms with Crippen LogP contribution in [0, 0.1) is 0 Å². The number of aromatic nitrogens is 2. The average molecular weight is 355 g/mol. The van der Waals surface area contributed by atoms with Crippen LogP contribution in [0.4, 0.5) is 0 Å². The molecule has 0 saturated carbocycles. The number of halogens is 1. The van der Waals surface area contributed by atoms with Crippen molar-refractivity contribution in [2.75, 3.05) is 0 Å². The van der Waals surface area contributed by atoms with E-state index in [0.717, 1.165) is 33.0 Å². The largest absolute Gasteiger partial charge is 0.463 e. The molecule has 1 aromatic carbocycles. The molecule has 0 fully saturated rings. The Kier molecular flexibility index (Phi) is 3.20. The molecule has 4 nitrogen and oxygen atoms in total. The van der Waals surface area contributed by atoms with Gasteiger partial charge in [-0.1, -0.05) is 28.1 Å². The van der Waals surface area contributed by atoms with Gasteiger partial charge in [-0.2, -0.15) is 0 Å². The van der Waals surface area contributed by atoms with Gasteiger partial charge in [-0.3, -0.25) is 0 Å². The molecule has 0 bridgehead atoms. The maximum absolute atomic E-state index is 5.51. The molecule has 4 rings (SSSR count). The highest BCUT2D eigenvalue weighted by molar-refractivity contribution is 9.10. The second-order valence-corrected chi connectivity index (χ2v) is 5.69. The van der Waals surface area contributed by atoms with Gasteiger partial charge in [-0.15, -0.1) is 0 Å². The summed E-state index contributed by atoms with van der Waals surface area (Å²) in [6, 6.07) is 15.4. The van der Waals surface area contributed by atoms with Gasteiger partial charge >= 0.3 is 0 Å². The maximum atomic E-state index is 5.51. The zero-order valence-electron chi connectivity index (χ0n) is 11.4. The Balaban J connectivity index is 1.88. The summed E-state index contributed by atoms with van der Waals surface area (Å²) >= 11 is 3.44. The third kappa shape index (κ3) is 2.29. The lowest BCUT2D eigenvalue weighted by atomic mass is 10.2. The maximum Gasteiger partial charge on any atom is 0.154 e. The number of imidazole rings is 1. The highest BCUT2D eigenvalue weighted by atomic mass is 79.9. The summed E-state index contributed by atoms with van der Waals surface area (Å²) in [7, 11) is 0. The van der Waals surface area contributed by atoms with E-state index in [1.165, 1.54) is 0 Å². The first-order valence-corrected chi connectivity index (χ1v) is 7.54. The number of nitrogens with zero attached hydrogens (tertiary/aromatic N) is 1. The van der Waals surface area contributed by atoms with Crippen LogP contribution in [0.25, 0.3) is 34.3 Å². The lowest BCUT2D eigenvalue weighted by molar-refractivity contribution is 0.573. The van der Waals surface area contributed by atoms with Crippen LogP contribution in [-0.4, -0.2) is 9.97 Å². The summed E-state index contributed by atoms with van der Waals surface area (Å²) in [5, 5.41) is 0. The van der Waals surface area contributed by atoms with Gasteiger partial charge in [-0.25, -0.2) is 4.98 Å². The fraction of sp³-hybridized carbons (Fsp3) is 0. The van der Waals surface area contributed by atoms with Crippen molar-refractivity contribution in [3.8, 4) is 34.3 Å². The number of nitrogens with one attached hydrogen (secondary N) is 1. The number of H-pyrrole nitrogens is 1. The molecule has 0 aliphatic rings. The van der Waals surface area contributed by atoms with Crippen molar-refractivity contribution < 1.29 is 8.83 Å². The lowest BCUT2D eigenvalue weighted by Gasteiger charge is -1.96. The minimum atomic E-state index is 0.700. The number of hydrogen-bond donors (Lipinski definition) is 1. The van der Waals surface area contributed by atoms with Gasteiger partial charge in [0.2, 0.25) is 0 Å². The van der Waals surface area contributed by atoms with Crippen molar-refractivity contribution in [3.63, 3.8) is 0 Å². The highest BCUT2D eigenvalue weighted by Crippen LogP contribution is 2.33. The second kappa shape index (κ2) is 5.35. The van der Waals surface area contributed by atoms with Gasteiger partial charge in [0, 0.05) is 10.0 Å². The van der Waals surface area contributed by atoms with E-state index in [2.05, 4.69) is 25.9 Å². The molecule has 4 aromatic rings. The van der Waals surface area contributed by atoms with E-state index in [1.807, 2.05) is 48.5 Å². The average Bonchev–Trinajstić information content (AvgIpc) is 3.27. The molecule has 0 aliphatic heterocycles. The summed E-state index contributed by atoms with van der Waals surface area (Å²) in [5.41, 5.74) is 2.53. The van der Waals surface area contributed by atoms with Crippen molar-refractivity contribution in [2.24, 2.45) is 0 Å². The van der Waals surface area contributed by atoms with Crippen LogP contribution in [0.15, 0.2) is 74.4 Å². The smallest absolute Gasteiger partial charge is 0.154 e. The van der Waals surface area contributed by atoms with E-state index in [-0.39, 0.29) is 0 Å². The van der Waals surface area contributed by atoms with Crippen LogP contribution in [0.2, 0.25) is 0 Å². The number of benzene rings is 1. The first kappa shape index (κ1) is 13.2. The monoisotopic (exact) mass is 354 g/mol. The van der Waals surface area contributed by atoms with E-state index in [4.69, 9.17) is 8.83 Å². The van der Waals surface area contributed by atoms with Crippen LogP contribution in [0.1, 0.15) is 0 Å². The van der Waals surface area contributed by atoms with Crippen molar-refractivity contribution >= 4 is 15.9 Å². The minimum Gasteiger partial charge on any atom is -0.463 e. The molecule has 0 unspecified atom stereocenters. The van der Waals surface area contributed by atoms with Gasteiger partial charge in [0.05, 0.1) is 12.5 Å². The Morgan fingerprint density at radius 1 is 0.864 bits per heavy atom. The Bertz CT molecular complexity index is 824. The molecular weight excluding hydrogens is 344 g/mol. The SMILES string of the molecule is Brc1ccc(-c2nc(-c3ccco3)c(-c3ccco3)[nH]2)cc1. The van der Waals surface area contributed by atoms with E-state index in [9.17, 15) is 0 Å². The topological polar surface area (TPSA) is 55.0 Å². The molecule has 3 aromatic heterocycles. The van der Waals surface area contributed by atoms with Crippen molar-refractivity contribution in [1.82, 2.24) is 9.97 Å².